The van der Waals surface area contributed by atoms with Gasteiger partial charge in [-0.25, -0.2) is 9.78 Å². The number of aliphatic hydroxyl groups excluding tert-OH is 1. The number of amides is 3. The van der Waals surface area contributed by atoms with Crippen LogP contribution in [0.4, 0.5) is 0 Å². The summed E-state index contributed by atoms with van der Waals surface area (Å²) < 4.78 is 27.0. The van der Waals surface area contributed by atoms with Crippen molar-refractivity contribution >= 4 is 23.7 Å². The minimum absolute atomic E-state index is 0.160. The molecule has 302 valence electrons. The van der Waals surface area contributed by atoms with Crippen LogP contribution in [0.5, 0.6) is 0 Å². The predicted octanol–water partition coefficient (Wildman–Crippen LogP) is 4.13. The number of hydrogen-bond donors (Lipinski definition) is 3. The van der Waals surface area contributed by atoms with E-state index in [2.05, 4.69) is 10.3 Å². The molecular formula is C40H56N4O11. The van der Waals surface area contributed by atoms with Gasteiger partial charge in [-0.1, -0.05) is 79.8 Å². The third-order valence-electron chi connectivity index (χ3n) is 9.01. The van der Waals surface area contributed by atoms with E-state index in [0.29, 0.717) is 12.0 Å². The summed E-state index contributed by atoms with van der Waals surface area (Å²) in [6, 6.07) is -1.22. The molecule has 3 amide bonds. The van der Waals surface area contributed by atoms with Crippen molar-refractivity contribution in [3.63, 3.8) is 0 Å². The quantitative estimate of drug-likeness (QED) is 0.0567. The second-order valence-electron chi connectivity index (χ2n) is 13.4. The van der Waals surface area contributed by atoms with E-state index < -0.39 is 59.6 Å². The van der Waals surface area contributed by atoms with Gasteiger partial charge in [0, 0.05) is 33.2 Å². The van der Waals surface area contributed by atoms with Crippen LogP contribution >= 0.6 is 0 Å². The molecular weight excluding hydrogens is 712 g/mol. The normalized spacial score (nSPS) is 21.3. The van der Waals surface area contributed by atoms with Gasteiger partial charge in [-0.3, -0.25) is 19.6 Å². The number of ether oxygens (including phenoxy) is 4. The molecule has 15 nitrogen and oxygen atoms in total. The zero-order valence-corrected chi connectivity index (χ0v) is 33.1. The number of rotatable bonds is 20. The SMILES string of the molecule is CCC1(C)OCC(C(=O)N(C)C(C(=O)OC)C(C)OC)(N(O)C(=O)/C=C/C=C/C=C/C=C\CNC(=O)C(C)(C)C(O)\C(C)=C/C=C\C=C\Cc2cnco2)O1. The Bertz CT molecular complexity index is 1640. The fraction of sp³-hybridized carbons (Fsp3) is 0.475. The molecule has 55 heavy (non-hydrogen) atoms. The number of nitrogens with zero attached hydrogens (tertiary/aromatic N) is 3. The van der Waals surface area contributed by atoms with Gasteiger partial charge in [-0.05, 0) is 46.6 Å². The molecule has 1 aromatic heterocycles. The molecule has 1 aromatic rings. The molecule has 0 radical (unpaired) electrons. The highest BCUT2D eigenvalue weighted by Gasteiger charge is 2.60. The lowest BCUT2D eigenvalue weighted by atomic mass is 9.81. The second-order valence-corrected chi connectivity index (χ2v) is 13.4. The highest BCUT2D eigenvalue weighted by Crippen LogP contribution is 2.37. The van der Waals surface area contributed by atoms with E-state index in [1.165, 1.54) is 39.8 Å². The Labute approximate surface area is 323 Å². The highest BCUT2D eigenvalue weighted by molar-refractivity contribution is 5.95. The van der Waals surface area contributed by atoms with Gasteiger partial charge in [0.2, 0.25) is 5.91 Å². The Kier molecular flexibility index (Phi) is 18.3. The van der Waals surface area contributed by atoms with Crippen molar-refractivity contribution in [1.29, 1.82) is 0 Å². The molecule has 2 rings (SSSR count). The molecule has 0 saturated carbocycles. The monoisotopic (exact) mass is 768 g/mol. The predicted molar refractivity (Wildman–Crippen MR) is 204 cm³/mol. The fourth-order valence-electron chi connectivity index (χ4n) is 5.29. The molecule has 0 bridgehead atoms. The number of carbonyl (C=O) groups excluding carboxylic acids is 4. The van der Waals surface area contributed by atoms with Gasteiger partial charge in [0.25, 0.3) is 17.5 Å². The number of hydrogen-bond acceptors (Lipinski definition) is 12. The van der Waals surface area contributed by atoms with Crippen LogP contribution in [-0.2, 0) is 44.5 Å². The van der Waals surface area contributed by atoms with E-state index >= 15 is 0 Å². The zero-order chi connectivity index (χ0) is 41.2. The van der Waals surface area contributed by atoms with Gasteiger partial charge < -0.3 is 38.7 Å². The van der Waals surface area contributed by atoms with Gasteiger partial charge in [0.1, 0.15) is 12.4 Å². The minimum Gasteiger partial charge on any atom is -0.467 e. The number of hydroxylamine groups is 2. The molecule has 5 unspecified atom stereocenters. The molecule has 1 fully saturated rings. The van der Waals surface area contributed by atoms with E-state index in [4.69, 9.17) is 23.4 Å². The lowest BCUT2D eigenvalue weighted by Gasteiger charge is -2.39. The van der Waals surface area contributed by atoms with Crippen molar-refractivity contribution in [3.05, 3.63) is 103 Å². The number of likely N-dealkylation sites (N-methyl/N-ethyl adjacent to an activating group) is 1. The standard InChI is InChI=1S/C40H56N4O11/c1-10-39(6)54-27-40(55-39,37(49)43(7)33(30(3)51-8)35(47)52-9)44(50)32(45)24-20-14-12-11-13-17-21-25-42-36(48)38(4,5)34(46)29(2)22-18-15-16-19-23-31-26-41-28-53-31/h11-22,24,26,28,30,33-34,46,50H,10,23,25,27H2,1-9H3,(H,42,48)/b13-11+,14-12+,18-15-,19-16+,21-17-,24-20+,29-22-. The summed E-state index contributed by atoms with van der Waals surface area (Å²) >= 11 is 0. The largest absolute Gasteiger partial charge is 0.467 e. The molecule has 15 heteroatoms. The van der Waals surface area contributed by atoms with E-state index in [1.807, 2.05) is 18.2 Å². The molecule has 1 saturated heterocycles. The maximum atomic E-state index is 13.9. The topological polar surface area (TPSA) is 190 Å². The number of oxazole rings is 1. The second kappa shape index (κ2) is 21.8. The van der Waals surface area contributed by atoms with Crippen LogP contribution in [-0.4, -0.2) is 113 Å². The average Bonchev–Trinajstić information content (AvgIpc) is 3.84. The molecule has 2 heterocycles. The van der Waals surface area contributed by atoms with Gasteiger partial charge in [-0.15, -0.1) is 0 Å². The Hall–Kier alpha value is -4.93. The highest BCUT2D eigenvalue weighted by atomic mass is 16.8. The van der Waals surface area contributed by atoms with Crippen LogP contribution in [0.25, 0.3) is 0 Å². The summed E-state index contributed by atoms with van der Waals surface area (Å²) in [7, 11) is 3.85. The maximum Gasteiger partial charge on any atom is 0.331 e. The summed E-state index contributed by atoms with van der Waals surface area (Å²) in [5, 5.41) is 24.9. The first-order chi connectivity index (χ1) is 26.0. The van der Waals surface area contributed by atoms with Crippen LogP contribution < -0.4 is 5.32 Å². The molecule has 0 aliphatic carbocycles. The van der Waals surface area contributed by atoms with E-state index in [9.17, 15) is 29.5 Å². The van der Waals surface area contributed by atoms with Crippen molar-refractivity contribution in [2.75, 3.05) is 34.4 Å². The lowest BCUT2D eigenvalue weighted by molar-refractivity contribution is -0.273. The van der Waals surface area contributed by atoms with Gasteiger partial charge in [0.15, 0.2) is 18.2 Å². The third kappa shape index (κ3) is 12.8. The first-order valence-electron chi connectivity index (χ1n) is 17.8. The summed E-state index contributed by atoms with van der Waals surface area (Å²) in [6.45, 7) is 9.71. The number of carbonyl (C=O) groups is 4. The summed E-state index contributed by atoms with van der Waals surface area (Å²) in [4.78, 5) is 57.2. The van der Waals surface area contributed by atoms with E-state index in [0.717, 1.165) is 16.7 Å². The third-order valence-corrected chi connectivity index (χ3v) is 9.01. The number of methoxy groups -OCH3 is 2. The maximum absolute atomic E-state index is 13.9. The lowest BCUT2D eigenvalue weighted by Crippen LogP contribution is -2.65. The van der Waals surface area contributed by atoms with Crippen LogP contribution in [0.1, 0.15) is 53.7 Å². The van der Waals surface area contributed by atoms with Crippen molar-refractivity contribution < 1.29 is 52.9 Å². The van der Waals surface area contributed by atoms with Crippen LogP contribution in [0, 0.1) is 5.41 Å². The molecule has 3 N–H and O–H groups in total. The first kappa shape index (κ1) is 46.2. The molecule has 1 aliphatic heterocycles. The van der Waals surface area contributed by atoms with Gasteiger partial charge in [-0.2, -0.15) is 5.06 Å². The fourth-order valence-corrected chi connectivity index (χ4v) is 5.29. The van der Waals surface area contributed by atoms with Crippen LogP contribution in [0.3, 0.4) is 0 Å². The van der Waals surface area contributed by atoms with Crippen molar-refractivity contribution in [1.82, 2.24) is 20.3 Å². The summed E-state index contributed by atoms with van der Waals surface area (Å²) in [5.74, 6) is -3.53. The van der Waals surface area contributed by atoms with Crippen LogP contribution in [0.15, 0.2) is 102 Å². The van der Waals surface area contributed by atoms with E-state index in [1.54, 1.807) is 90.3 Å². The Morgan fingerprint density at radius 2 is 1.69 bits per heavy atom. The van der Waals surface area contributed by atoms with Gasteiger partial charge >= 0.3 is 5.97 Å². The number of allylic oxidation sites excluding steroid dienone is 11. The number of esters is 1. The van der Waals surface area contributed by atoms with Crippen molar-refractivity contribution in [3.8, 4) is 0 Å². The first-order valence-corrected chi connectivity index (χ1v) is 17.8. The Morgan fingerprint density at radius 1 is 1.05 bits per heavy atom. The van der Waals surface area contributed by atoms with Gasteiger partial charge in [0.05, 0.1) is 30.9 Å². The van der Waals surface area contributed by atoms with Crippen LogP contribution in [0.2, 0.25) is 0 Å². The number of aromatic nitrogens is 1. The van der Waals surface area contributed by atoms with Crippen molar-refractivity contribution in [2.24, 2.45) is 5.41 Å². The zero-order valence-electron chi connectivity index (χ0n) is 33.1. The number of nitrogens with one attached hydrogen (secondary N) is 1. The summed E-state index contributed by atoms with van der Waals surface area (Å²) in [5.41, 5.74) is -2.75. The average molecular weight is 769 g/mol. The molecule has 1 aliphatic rings. The Balaban J connectivity index is 1.95. The molecule has 5 atom stereocenters. The van der Waals surface area contributed by atoms with E-state index in [-0.39, 0.29) is 23.9 Å². The number of aliphatic hydroxyl groups is 1. The Morgan fingerprint density at radius 3 is 2.29 bits per heavy atom. The van der Waals surface area contributed by atoms with Crippen molar-refractivity contribution in [2.45, 2.75) is 84.1 Å². The summed E-state index contributed by atoms with van der Waals surface area (Å²) in [6.07, 6.45) is 23.6. The smallest absolute Gasteiger partial charge is 0.331 e. The molecule has 0 aromatic carbocycles. The minimum atomic E-state index is -2.30. The molecule has 0 spiro atoms.